The largest absolute Gasteiger partial charge is 0.333 e. The van der Waals surface area contributed by atoms with Crippen molar-refractivity contribution in [2.24, 2.45) is 0 Å². The van der Waals surface area contributed by atoms with Gasteiger partial charge in [-0.15, -0.1) is 0 Å². The van der Waals surface area contributed by atoms with E-state index in [4.69, 9.17) is 11.6 Å². The van der Waals surface area contributed by atoms with Gasteiger partial charge >= 0.3 is 5.38 Å². The van der Waals surface area contributed by atoms with Gasteiger partial charge in [0.15, 0.2) is 0 Å². The number of alkyl halides is 4. The molecular weight excluding hydrogens is 273 g/mol. The van der Waals surface area contributed by atoms with Crippen molar-refractivity contribution in [3.8, 4) is 0 Å². The Bertz CT molecular complexity index is 271. The van der Waals surface area contributed by atoms with E-state index in [0.29, 0.717) is 12.8 Å². The highest BCUT2D eigenvalue weighted by molar-refractivity contribution is 9.09. The maximum atomic E-state index is 12.5. The standard InChI is InChI=1S/C10H10BrClF2/c11-9(10(12,13)14)7-6-8-4-2-1-3-5-8/h1-5,9H,6-7H2. The van der Waals surface area contributed by atoms with E-state index in [9.17, 15) is 8.78 Å². The molecule has 1 rings (SSSR count). The van der Waals surface area contributed by atoms with Crippen LogP contribution in [-0.2, 0) is 6.42 Å². The predicted molar refractivity (Wildman–Crippen MR) is 58.3 cm³/mol. The van der Waals surface area contributed by atoms with Gasteiger partial charge in [0.2, 0.25) is 0 Å². The summed E-state index contributed by atoms with van der Waals surface area (Å²) in [5.41, 5.74) is 1.04. The molecular formula is C10H10BrClF2. The predicted octanol–water partition coefficient (Wildman–Crippen LogP) is 4.21. The first-order valence-corrected chi connectivity index (χ1v) is 5.54. The van der Waals surface area contributed by atoms with E-state index in [-0.39, 0.29) is 0 Å². The van der Waals surface area contributed by atoms with Gasteiger partial charge in [-0.25, -0.2) is 0 Å². The molecule has 1 unspecified atom stereocenters. The molecule has 0 aromatic heterocycles. The smallest absolute Gasteiger partial charge is 0.187 e. The minimum Gasteiger partial charge on any atom is -0.187 e. The summed E-state index contributed by atoms with van der Waals surface area (Å²) < 4.78 is 25.1. The zero-order valence-electron chi connectivity index (χ0n) is 7.39. The summed E-state index contributed by atoms with van der Waals surface area (Å²) in [6, 6.07) is 9.48. The van der Waals surface area contributed by atoms with Crippen LogP contribution >= 0.6 is 27.5 Å². The minimum atomic E-state index is -3.17. The highest BCUT2D eigenvalue weighted by Gasteiger charge is 2.34. The number of halogens is 4. The van der Waals surface area contributed by atoms with E-state index in [1.807, 2.05) is 30.3 Å². The van der Waals surface area contributed by atoms with Crippen LogP contribution < -0.4 is 0 Å². The molecule has 0 N–H and O–H groups in total. The average Bonchev–Trinajstić information content (AvgIpc) is 2.14. The number of benzene rings is 1. The van der Waals surface area contributed by atoms with Crippen LogP contribution in [0.1, 0.15) is 12.0 Å². The summed E-state index contributed by atoms with van der Waals surface area (Å²) in [5, 5.41) is -3.17. The van der Waals surface area contributed by atoms with Crippen LogP contribution in [0, 0.1) is 0 Å². The van der Waals surface area contributed by atoms with Crippen molar-refractivity contribution in [3.05, 3.63) is 35.9 Å². The first kappa shape index (κ1) is 11.9. The monoisotopic (exact) mass is 282 g/mol. The third-order valence-electron chi connectivity index (χ3n) is 1.88. The van der Waals surface area contributed by atoms with Crippen molar-refractivity contribution in [2.75, 3.05) is 0 Å². The highest BCUT2D eigenvalue weighted by Crippen LogP contribution is 2.32. The molecule has 0 spiro atoms. The third-order valence-corrected chi connectivity index (χ3v) is 3.44. The molecule has 0 aliphatic rings. The van der Waals surface area contributed by atoms with Crippen molar-refractivity contribution in [3.63, 3.8) is 0 Å². The molecule has 1 aromatic carbocycles. The Morgan fingerprint density at radius 1 is 1.29 bits per heavy atom. The molecule has 0 heterocycles. The van der Waals surface area contributed by atoms with Crippen molar-refractivity contribution < 1.29 is 8.78 Å². The van der Waals surface area contributed by atoms with E-state index in [1.54, 1.807) is 0 Å². The topological polar surface area (TPSA) is 0 Å². The Balaban J connectivity index is 2.42. The second-order valence-corrected chi connectivity index (χ2v) is 4.64. The van der Waals surface area contributed by atoms with E-state index < -0.39 is 10.2 Å². The van der Waals surface area contributed by atoms with E-state index in [1.165, 1.54) is 0 Å². The van der Waals surface area contributed by atoms with Gasteiger partial charge in [-0.1, -0.05) is 46.3 Å². The van der Waals surface area contributed by atoms with E-state index in [2.05, 4.69) is 15.9 Å². The van der Waals surface area contributed by atoms with Gasteiger partial charge in [-0.05, 0) is 30.0 Å². The lowest BCUT2D eigenvalue weighted by Crippen LogP contribution is -2.21. The van der Waals surface area contributed by atoms with Gasteiger partial charge in [0.25, 0.3) is 0 Å². The third kappa shape index (κ3) is 3.93. The van der Waals surface area contributed by atoms with Crippen LogP contribution in [0.15, 0.2) is 30.3 Å². The second kappa shape index (κ2) is 5.08. The van der Waals surface area contributed by atoms with Crippen LogP contribution in [0.2, 0.25) is 0 Å². The molecule has 0 amide bonds. The first-order valence-electron chi connectivity index (χ1n) is 4.25. The lowest BCUT2D eigenvalue weighted by atomic mass is 10.1. The van der Waals surface area contributed by atoms with Crippen LogP contribution in [0.4, 0.5) is 8.78 Å². The lowest BCUT2D eigenvalue weighted by Gasteiger charge is -2.14. The fraction of sp³-hybridized carbons (Fsp3) is 0.400. The minimum absolute atomic E-state index is 0.320. The lowest BCUT2D eigenvalue weighted by molar-refractivity contribution is 0.0929. The summed E-state index contributed by atoms with van der Waals surface area (Å²) in [6.45, 7) is 0. The van der Waals surface area contributed by atoms with Crippen LogP contribution in [0.25, 0.3) is 0 Å². The summed E-state index contributed by atoms with van der Waals surface area (Å²) in [7, 11) is 0. The van der Waals surface area contributed by atoms with Gasteiger partial charge in [0.05, 0.1) is 4.83 Å². The highest BCUT2D eigenvalue weighted by atomic mass is 79.9. The zero-order chi connectivity index (χ0) is 10.6. The van der Waals surface area contributed by atoms with Gasteiger partial charge in [0, 0.05) is 0 Å². The molecule has 0 fully saturated rings. The maximum absolute atomic E-state index is 12.5. The molecule has 0 saturated heterocycles. The molecule has 0 nitrogen and oxygen atoms in total. The van der Waals surface area contributed by atoms with Crippen LogP contribution in [0.3, 0.4) is 0 Å². The number of rotatable bonds is 4. The molecule has 1 atom stereocenters. The van der Waals surface area contributed by atoms with Crippen molar-refractivity contribution in [2.45, 2.75) is 23.1 Å². The van der Waals surface area contributed by atoms with Crippen molar-refractivity contribution in [1.82, 2.24) is 0 Å². The SMILES string of the molecule is FC(F)(Cl)C(Br)CCc1ccccc1. The molecule has 78 valence electrons. The van der Waals surface area contributed by atoms with Crippen LogP contribution in [0.5, 0.6) is 0 Å². The summed E-state index contributed by atoms with van der Waals surface area (Å²) in [5.74, 6) is 0. The number of hydrogen-bond donors (Lipinski definition) is 0. The van der Waals surface area contributed by atoms with Gasteiger partial charge < -0.3 is 0 Å². The van der Waals surface area contributed by atoms with E-state index >= 15 is 0 Å². The Morgan fingerprint density at radius 2 is 1.86 bits per heavy atom. The first-order chi connectivity index (χ1) is 6.50. The molecule has 0 aliphatic heterocycles. The average molecular weight is 284 g/mol. The molecule has 1 aromatic rings. The second-order valence-electron chi connectivity index (χ2n) is 3.03. The molecule has 14 heavy (non-hydrogen) atoms. The molecule has 0 aliphatic carbocycles. The Labute approximate surface area is 95.4 Å². The maximum Gasteiger partial charge on any atom is 0.333 e. The Morgan fingerprint density at radius 3 is 2.36 bits per heavy atom. The Kier molecular flexibility index (Phi) is 4.32. The summed E-state index contributed by atoms with van der Waals surface area (Å²) in [4.78, 5) is -0.975. The number of aryl methyl sites for hydroxylation is 1. The molecule has 0 saturated carbocycles. The van der Waals surface area contributed by atoms with Crippen molar-refractivity contribution >= 4 is 27.5 Å². The fourth-order valence-corrected chi connectivity index (χ4v) is 1.44. The van der Waals surface area contributed by atoms with Crippen LogP contribution in [-0.4, -0.2) is 10.2 Å². The summed E-state index contributed by atoms with van der Waals surface area (Å²) in [6.07, 6.45) is 0.916. The van der Waals surface area contributed by atoms with E-state index in [0.717, 1.165) is 5.56 Å². The number of hydrogen-bond acceptors (Lipinski definition) is 0. The molecule has 0 bridgehead atoms. The molecule has 0 radical (unpaired) electrons. The molecule has 4 heteroatoms. The Hall–Kier alpha value is -0.150. The van der Waals surface area contributed by atoms with Gasteiger partial charge in [0.1, 0.15) is 0 Å². The zero-order valence-corrected chi connectivity index (χ0v) is 9.73. The summed E-state index contributed by atoms with van der Waals surface area (Å²) >= 11 is 7.74. The van der Waals surface area contributed by atoms with Crippen molar-refractivity contribution in [1.29, 1.82) is 0 Å². The quantitative estimate of drug-likeness (QED) is 0.726. The van der Waals surface area contributed by atoms with Gasteiger partial charge in [-0.3, -0.25) is 0 Å². The normalized spacial score (nSPS) is 14.0. The fourth-order valence-electron chi connectivity index (χ4n) is 1.10. The van der Waals surface area contributed by atoms with Gasteiger partial charge in [-0.2, -0.15) is 8.78 Å².